The topological polar surface area (TPSA) is 117 Å². The maximum Gasteiger partial charge on any atom is 0.252 e. The van der Waals surface area contributed by atoms with Crippen molar-refractivity contribution in [3.63, 3.8) is 0 Å². The van der Waals surface area contributed by atoms with Crippen LogP contribution in [0.1, 0.15) is 32.8 Å². The molecule has 0 spiro atoms. The van der Waals surface area contributed by atoms with Crippen molar-refractivity contribution in [1.82, 2.24) is 19.5 Å². The molecular formula is C23H27ClN6O3. The van der Waals surface area contributed by atoms with Crippen LogP contribution >= 0.6 is 11.6 Å². The first-order valence-electron chi connectivity index (χ1n) is 10.8. The summed E-state index contributed by atoms with van der Waals surface area (Å²) in [5.41, 5.74) is 8.75. The maximum atomic E-state index is 13.5. The Balaban J connectivity index is 1.83. The highest BCUT2D eigenvalue weighted by atomic mass is 35.5. The zero-order chi connectivity index (χ0) is 23.9. The van der Waals surface area contributed by atoms with Gasteiger partial charge >= 0.3 is 0 Å². The molecule has 1 aliphatic heterocycles. The van der Waals surface area contributed by atoms with E-state index in [-0.39, 0.29) is 24.2 Å². The molecule has 3 aromatic rings. The van der Waals surface area contributed by atoms with Crippen molar-refractivity contribution in [1.29, 1.82) is 0 Å². The fourth-order valence-corrected chi connectivity index (χ4v) is 4.77. The highest BCUT2D eigenvalue weighted by Gasteiger charge is 2.44. The second-order valence-electron chi connectivity index (χ2n) is 8.64. The zero-order valence-electron chi connectivity index (χ0n) is 18.9. The van der Waals surface area contributed by atoms with Crippen LogP contribution in [0.5, 0.6) is 0 Å². The van der Waals surface area contributed by atoms with Gasteiger partial charge in [0.05, 0.1) is 10.7 Å². The minimum absolute atomic E-state index is 0.0495. The minimum atomic E-state index is -0.971. The van der Waals surface area contributed by atoms with Crippen molar-refractivity contribution in [3.8, 4) is 11.3 Å². The molecule has 3 N–H and O–H groups in total. The van der Waals surface area contributed by atoms with Crippen molar-refractivity contribution < 1.29 is 14.7 Å². The van der Waals surface area contributed by atoms with E-state index in [0.717, 1.165) is 16.8 Å². The number of hydrogen-bond donors (Lipinski definition) is 2. The molecule has 1 saturated heterocycles. The van der Waals surface area contributed by atoms with Crippen LogP contribution in [0.3, 0.4) is 0 Å². The summed E-state index contributed by atoms with van der Waals surface area (Å²) in [6, 6.07) is 7.60. The largest absolute Gasteiger partial charge is 0.396 e. The van der Waals surface area contributed by atoms with Gasteiger partial charge in [-0.1, -0.05) is 23.7 Å². The summed E-state index contributed by atoms with van der Waals surface area (Å²) in [7, 11) is 0. The standard InChI is InChI=1S/C23H27ClN6O3/c1-14(32)29-9-8-28(22(33)23(29,2)3)18-11-16(7-6-15(18)5-4-10-31)19-12-17(24)20-21(25)26-13-27-30(19)20/h6-7,11-13,31H,4-5,8-10H2,1-3H3,(H2,25,26,27). The number of hydrogen-bond acceptors (Lipinski definition) is 6. The van der Waals surface area contributed by atoms with Crippen LogP contribution in [0, 0.1) is 0 Å². The summed E-state index contributed by atoms with van der Waals surface area (Å²) in [4.78, 5) is 33.0. The highest BCUT2D eigenvalue weighted by molar-refractivity contribution is 6.35. The summed E-state index contributed by atoms with van der Waals surface area (Å²) in [5, 5.41) is 14.1. The Labute approximate surface area is 196 Å². The van der Waals surface area contributed by atoms with Gasteiger partial charge in [0.1, 0.15) is 17.4 Å². The molecular weight excluding hydrogens is 444 g/mol. The monoisotopic (exact) mass is 470 g/mol. The molecule has 2 amide bonds. The van der Waals surface area contributed by atoms with E-state index in [9.17, 15) is 14.7 Å². The molecule has 4 rings (SSSR count). The van der Waals surface area contributed by atoms with E-state index in [4.69, 9.17) is 17.3 Å². The average Bonchev–Trinajstić information content (AvgIpc) is 3.11. The van der Waals surface area contributed by atoms with Gasteiger partial charge < -0.3 is 20.6 Å². The lowest BCUT2D eigenvalue weighted by Gasteiger charge is -2.46. The van der Waals surface area contributed by atoms with E-state index < -0.39 is 5.54 Å². The molecule has 0 atom stereocenters. The first kappa shape index (κ1) is 23.0. The summed E-state index contributed by atoms with van der Waals surface area (Å²) in [6.45, 7) is 5.87. The number of halogens is 1. The summed E-state index contributed by atoms with van der Waals surface area (Å²) >= 11 is 6.42. The SMILES string of the molecule is CC(=O)N1CCN(c2cc(-c3cc(Cl)c4c(N)ncnn34)ccc2CCCO)C(=O)C1(C)C. The number of aryl methyl sites for hydroxylation is 1. The predicted molar refractivity (Wildman–Crippen MR) is 127 cm³/mol. The molecule has 2 aromatic heterocycles. The van der Waals surface area contributed by atoms with E-state index in [1.54, 1.807) is 34.2 Å². The minimum Gasteiger partial charge on any atom is -0.396 e. The number of nitrogens with zero attached hydrogens (tertiary/aromatic N) is 5. The number of nitrogens with two attached hydrogens (primary N) is 1. The Morgan fingerprint density at radius 2 is 2.03 bits per heavy atom. The molecule has 0 bridgehead atoms. The van der Waals surface area contributed by atoms with Crippen LogP contribution in [0.15, 0.2) is 30.6 Å². The number of rotatable bonds is 5. The number of nitrogen functional groups attached to an aromatic ring is 1. The average molecular weight is 471 g/mol. The Morgan fingerprint density at radius 1 is 1.27 bits per heavy atom. The zero-order valence-corrected chi connectivity index (χ0v) is 19.6. The van der Waals surface area contributed by atoms with Crippen molar-refractivity contribution >= 4 is 40.4 Å². The second-order valence-corrected chi connectivity index (χ2v) is 9.05. The van der Waals surface area contributed by atoms with Crippen LogP contribution in [-0.2, 0) is 16.0 Å². The van der Waals surface area contributed by atoms with Crippen LogP contribution in [0.2, 0.25) is 5.02 Å². The molecule has 174 valence electrons. The molecule has 0 radical (unpaired) electrons. The summed E-state index contributed by atoms with van der Waals surface area (Å²) in [5.74, 6) is -0.0110. The molecule has 1 aromatic carbocycles. The van der Waals surface area contributed by atoms with Crippen LogP contribution < -0.4 is 10.6 Å². The van der Waals surface area contributed by atoms with Crippen molar-refractivity contribution in [2.45, 2.75) is 39.2 Å². The van der Waals surface area contributed by atoms with Gasteiger partial charge in [-0.2, -0.15) is 5.10 Å². The van der Waals surface area contributed by atoms with Crippen LogP contribution in [0.25, 0.3) is 16.8 Å². The Kier molecular flexibility index (Phi) is 6.02. The lowest BCUT2D eigenvalue weighted by molar-refractivity contribution is -0.145. The van der Waals surface area contributed by atoms with Gasteiger partial charge in [0.25, 0.3) is 5.91 Å². The maximum absolute atomic E-state index is 13.5. The normalized spacial score (nSPS) is 16.0. The molecule has 9 nitrogen and oxygen atoms in total. The van der Waals surface area contributed by atoms with Crippen LogP contribution in [-0.4, -0.2) is 61.7 Å². The summed E-state index contributed by atoms with van der Waals surface area (Å²) < 4.78 is 1.64. The van der Waals surface area contributed by atoms with E-state index in [0.29, 0.717) is 42.2 Å². The van der Waals surface area contributed by atoms with Gasteiger partial charge in [0.2, 0.25) is 5.91 Å². The molecule has 0 aliphatic carbocycles. The van der Waals surface area contributed by atoms with Crippen LogP contribution in [0.4, 0.5) is 11.5 Å². The van der Waals surface area contributed by atoms with Gasteiger partial charge in [-0.25, -0.2) is 9.50 Å². The molecule has 3 heterocycles. The van der Waals surface area contributed by atoms with Crippen molar-refractivity contribution in [2.24, 2.45) is 0 Å². The van der Waals surface area contributed by atoms with Gasteiger partial charge in [0, 0.05) is 37.9 Å². The molecule has 1 fully saturated rings. The van der Waals surface area contributed by atoms with Gasteiger partial charge in [-0.05, 0) is 44.4 Å². The Hall–Kier alpha value is -3.17. The number of fused-ring (bicyclic) bond motifs is 1. The fraction of sp³-hybridized carbons (Fsp3) is 0.391. The van der Waals surface area contributed by atoms with Crippen molar-refractivity contribution in [3.05, 3.63) is 41.2 Å². The number of anilines is 2. The Morgan fingerprint density at radius 3 is 2.73 bits per heavy atom. The number of benzene rings is 1. The third-order valence-electron chi connectivity index (χ3n) is 6.18. The third kappa shape index (κ3) is 3.91. The number of aliphatic hydroxyl groups is 1. The number of carbonyl (C=O) groups is 2. The first-order chi connectivity index (χ1) is 15.7. The fourth-order valence-electron chi connectivity index (χ4n) is 4.49. The smallest absolute Gasteiger partial charge is 0.252 e. The molecule has 10 heteroatoms. The van der Waals surface area contributed by atoms with E-state index >= 15 is 0 Å². The number of aliphatic hydroxyl groups excluding tert-OH is 1. The predicted octanol–water partition coefficient (Wildman–Crippen LogP) is 2.53. The summed E-state index contributed by atoms with van der Waals surface area (Å²) in [6.07, 6.45) is 2.55. The lowest BCUT2D eigenvalue weighted by Crippen LogP contribution is -2.64. The van der Waals surface area contributed by atoms with E-state index in [1.165, 1.54) is 13.3 Å². The Bertz CT molecular complexity index is 1240. The first-order valence-corrected chi connectivity index (χ1v) is 11.2. The van der Waals surface area contributed by atoms with Gasteiger partial charge in [-0.3, -0.25) is 9.59 Å². The van der Waals surface area contributed by atoms with Gasteiger partial charge in [-0.15, -0.1) is 0 Å². The quantitative estimate of drug-likeness (QED) is 0.591. The molecule has 0 unspecified atom stereocenters. The van der Waals surface area contributed by atoms with Gasteiger partial charge in [0.15, 0.2) is 5.82 Å². The highest BCUT2D eigenvalue weighted by Crippen LogP contribution is 2.36. The second kappa shape index (κ2) is 8.64. The van der Waals surface area contributed by atoms with E-state index in [2.05, 4.69) is 10.1 Å². The van der Waals surface area contributed by atoms with Crippen molar-refractivity contribution in [2.75, 3.05) is 30.3 Å². The third-order valence-corrected chi connectivity index (χ3v) is 6.47. The molecule has 1 aliphatic rings. The van der Waals surface area contributed by atoms with E-state index in [1.807, 2.05) is 18.2 Å². The molecule has 33 heavy (non-hydrogen) atoms. The molecule has 0 saturated carbocycles. The number of amides is 2. The lowest BCUT2D eigenvalue weighted by atomic mass is 9.94. The number of aromatic nitrogens is 3. The number of carbonyl (C=O) groups excluding carboxylic acids is 2. The number of piperazine rings is 1.